The number of hydrogen-bond acceptors (Lipinski definition) is 3. The Morgan fingerprint density at radius 1 is 1.26 bits per heavy atom. The highest BCUT2D eigenvalue weighted by Crippen LogP contribution is 2.24. The number of amides is 1. The summed E-state index contributed by atoms with van der Waals surface area (Å²) in [6.07, 6.45) is 4.16. The van der Waals surface area contributed by atoms with Gasteiger partial charge >= 0.3 is 0 Å². The van der Waals surface area contributed by atoms with Crippen molar-refractivity contribution in [2.24, 2.45) is 0 Å². The quantitative estimate of drug-likeness (QED) is 0.479. The normalized spacial score (nSPS) is 11.4. The first-order chi connectivity index (χ1) is 13.0. The van der Waals surface area contributed by atoms with Gasteiger partial charge in [0.25, 0.3) is 5.91 Å². The maximum absolute atomic E-state index is 12.3. The summed E-state index contributed by atoms with van der Waals surface area (Å²) in [6.45, 7) is 4.01. The number of nitrogens with zero attached hydrogens (tertiary/aromatic N) is 1. The Morgan fingerprint density at radius 3 is 2.67 bits per heavy atom. The maximum Gasteiger partial charge on any atom is 0.261 e. The lowest BCUT2D eigenvalue weighted by Gasteiger charge is -2.06. The van der Waals surface area contributed by atoms with Gasteiger partial charge in [-0.15, -0.1) is 0 Å². The van der Waals surface area contributed by atoms with Crippen molar-refractivity contribution in [1.29, 1.82) is 5.26 Å². The molecular formula is C22H21N3O2. The first kappa shape index (κ1) is 18.3. The first-order valence-electron chi connectivity index (χ1n) is 8.75. The summed E-state index contributed by atoms with van der Waals surface area (Å²) in [5.41, 5.74) is 4.36. The lowest BCUT2D eigenvalue weighted by molar-refractivity contribution is -0.117. The fourth-order valence-electron chi connectivity index (χ4n) is 3.13. The molecule has 3 aromatic rings. The fraction of sp³-hybridized carbons (Fsp3) is 0.182. The van der Waals surface area contributed by atoms with Gasteiger partial charge in [0.1, 0.15) is 17.4 Å². The van der Waals surface area contributed by atoms with E-state index in [2.05, 4.69) is 10.3 Å². The van der Waals surface area contributed by atoms with Crippen LogP contribution >= 0.6 is 0 Å². The van der Waals surface area contributed by atoms with Gasteiger partial charge in [0.2, 0.25) is 0 Å². The zero-order valence-electron chi connectivity index (χ0n) is 15.3. The van der Waals surface area contributed by atoms with E-state index in [1.807, 2.05) is 36.5 Å². The van der Waals surface area contributed by atoms with Crippen LogP contribution in [0.5, 0.6) is 5.75 Å². The monoisotopic (exact) mass is 359 g/mol. The molecule has 0 bridgehead atoms. The average molecular weight is 359 g/mol. The van der Waals surface area contributed by atoms with E-state index < -0.39 is 5.91 Å². The summed E-state index contributed by atoms with van der Waals surface area (Å²) >= 11 is 0. The van der Waals surface area contributed by atoms with E-state index >= 15 is 0 Å². The Labute approximate surface area is 158 Å². The Kier molecular flexibility index (Phi) is 5.28. The number of carbonyl (C=O) groups excluding carboxylic acids is 1. The van der Waals surface area contributed by atoms with Crippen LogP contribution in [0.15, 0.2) is 48.2 Å². The van der Waals surface area contributed by atoms with Crippen molar-refractivity contribution < 1.29 is 9.90 Å². The van der Waals surface area contributed by atoms with Crippen LogP contribution in [0.2, 0.25) is 0 Å². The number of aromatic hydroxyl groups is 1. The second kappa shape index (κ2) is 7.79. The van der Waals surface area contributed by atoms with Crippen molar-refractivity contribution in [3.63, 3.8) is 0 Å². The summed E-state index contributed by atoms with van der Waals surface area (Å²) in [5.74, 6) is -0.172. The lowest BCUT2D eigenvalue weighted by atomic mass is 10.0. The molecule has 0 aliphatic rings. The van der Waals surface area contributed by atoms with E-state index in [4.69, 9.17) is 0 Å². The van der Waals surface area contributed by atoms with Gasteiger partial charge in [0.15, 0.2) is 0 Å². The molecule has 0 saturated heterocycles. The number of hydrogen-bond donors (Lipinski definition) is 3. The van der Waals surface area contributed by atoms with Gasteiger partial charge in [-0.3, -0.25) is 4.79 Å². The lowest BCUT2D eigenvalue weighted by Crippen LogP contribution is -2.26. The highest BCUT2D eigenvalue weighted by molar-refractivity contribution is 6.01. The van der Waals surface area contributed by atoms with Crippen LogP contribution in [0.3, 0.4) is 0 Å². The molecule has 0 aliphatic carbocycles. The van der Waals surface area contributed by atoms with E-state index in [0.29, 0.717) is 29.7 Å². The van der Waals surface area contributed by atoms with Crippen molar-refractivity contribution in [2.75, 3.05) is 6.54 Å². The minimum Gasteiger partial charge on any atom is -0.507 e. The SMILES string of the molecule is Cc1cc(/C=C(/C#N)C(=O)NCCc2c[nH]c3ccccc23)cc(C)c1O. The summed E-state index contributed by atoms with van der Waals surface area (Å²) in [4.78, 5) is 15.6. The molecule has 3 rings (SSSR count). The molecule has 1 heterocycles. The Hall–Kier alpha value is -3.52. The molecule has 0 radical (unpaired) electrons. The molecular weight excluding hydrogens is 338 g/mol. The van der Waals surface area contributed by atoms with Crippen molar-refractivity contribution in [1.82, 2.24) is 10.3 Å². The third kappa shape index (κ3) is 4.01. The van der Waals surface area contributed by atoms with Crippen molar-refractivity contribution in [3.8, 4) is 11.8 Å². The number of para-hydroxylation sites is 1. The van der Waals surface area contributed by atoms with Crippen LogP contribution in [-0.2, 0) is 11.2 Å². The van der Waals surface area contributed by atoms with E-state index in [1.165, 1.54) is 0 Å². The summed E-state index contributed by atoms with van der Waals surface area (Å²) in [7, 11) is 0. The number of rotatable bonds is 5. The minimum atomic E-state index is -0.402. The zero-order chi connectivity index (χ0) is 19.4. The third-order valence-electron chi connectivity index (χ3n) is 4.54. The molecule has 1 aromatic heterocycles. The second-order valence-electron chi connectivity index (χ2n) is 6.54. The van der Waals surface area contributed by atoms with E-state index in [0.717, 1.165) is 16.5 Å². The van der Waals surface area contributed by atoms with Crippen LogP contribution in [0.4, 0.5) is 0 Å². The molecule has 0 fully saturated rings. The molecule has 27 heavy (non-hydrogen) atoms. The molecule has 136 valence electrons. The summed E-state index contributed by atoms with van der Waals surface area (Å²) < 4.78 is 0. The molecule has 3 N–H and O–H groups in total. The molecule has 5 heteroatoms. The molecule has 0 spiro atoms. The van der Waals surface area contributed by atoms with Crippen LogP contribution < -0.4 is 5.32 Å². The summed E-state index contributed by atoms with van der Waals surface area (Å²) in [5, 5.41) is 23.1. The number of benzene rings is 2. The second-order valence-corrected chi connectivity index (χ2v) is 6.54. The van der Waals surface area contributed by atoms with Gasteiger partial charge in [-0.2, -0.15) is 5.26 Å². The van der Waals surface area contributed by atoms with E-state index in [1.54, 1.807) is 32.1 Å². The Morgan fingerprint density at radius 2 is 1.96 bits per heavy atom. The Balaban J connectivity index is 1.68. The van der Waals surface area contributed by atoms with Crippen LogP contribution in [0.1, 0.15) is 22.3 Å². The van der Waals surface area contributed by atoms with Crippen molar-refractivity contribution >= 4 is 22.9 Å². The van der Waals surface area contributed by atoms with Crippen molar-refractivity contribution in [2.45, 2.75) is 20.3 Å². The highest BCUT2D eigenvalue weighted by Gasteiger charge is 2.11. The van der Waals surface area contributed by atoms with Gasteiger partial charge in [0.05, 0.1) is 0 Å². The van der Waals surface area contributed by atoms with E-state index in [9.17, 15) is 15.2 Å². The smallest absolute Gasteiger partial charge is 0.261 e. The zero-order valence-corrected chi connectivity index (χ0v) is 15.3. The minimum absolute atomic E-state index is 0.0402. The van der Waals surface area contributed by atoms with Gasteiger partial charge < -0.3 is 15.4 Å². The maximum atomic E-state index is 12.3. The molecule has 5 nitrogen and oxygen atoms in total. The number of aryl methyl sites for hydroxylation is 2. The molecule has 0 atom stereocenters. The van der Waals surface area contributed by atoms with Gasteiger partial charge in [0, 0.05) is 23.6 Å². The standard InChI is InChI=1S/C22H21N3O2/c1-14-9-16(10-15(2)21(14)26)11-18(12-23)22(27)24-8-7-17-13-25-20-6-4-3-5-19(17)20/h3-6,9-11,13,25-26H,7-8H2,1-2H3,(H,24,27)/b18-11-. The third-order valence-corrected chi connectivity index (χ3v) is 4.54. The number of aromatic nitrogens is 1. The number of phenols is 1. The highest BCUT2D eigenvalue weighted by atomic mass is 16.3. The van der Waals surface area contributed by atoms with Gasteiger partial charge in [-0.1, -0.05) is 18.2 Å². The van der Waals surface area contributed by atoms with E-state index in [-0.39, 0.29) is 11.3 Å². The number of nitriles is 1. The van der Waals surface area contributed by atoms with Crippen molar-refractivity contribution in [3.05, 3.63) is 70.4 Å². The topological polar surface area (TPSA) is 88.9 Å². The van der Waals surface area contributed by atoms with Gasteiger partial charge in [-0.25, -0.2) is 0 Å². The summed E-state index contributed by atoms with van der Waals surface area (Å²) in [6, 6.07) is 13.5. The number of fused-ring (bicyclic) bond motifs is 1. The van der Waals surface area contributed by atoms with Crippen LogP contribution in [0.25, 0.3) is 17.0 Å². The molecule has 0 aliphatic heterocycles. The van der Waals surface area contributed by atoms with Crippen LogP contribution in [0, 0.1) is 25.2 Å². The first-order valence-corrected chi connectivity index (χ1v) is 8.75. The Bertz CT molecular complexity index is 1050. The van der Waals surface area contributed by atoms with Crippen LogP contribution in [-0.4, -0.2) is 22.5 Å². The molecule has 1 amide bonds. The largest absolute Gasteiger partial charge is 0.507 e. The molecule has 2 aromatic carbocycles. The predicted octanol–water partition coefficient (Wildman–Crippen LogP) is 3.76. The molecule has 0 saturated carbocycles. The predicted molar refractivity (Wildman–Crippen MR) is 106 cm³/mol. The number of carbonyl (C=O) groups is 1. The number of H-pyrrole nitrogens is 1. The number of nitrogens with one attached hydrogen (secondary N) is 2. The average Bonchev–Trinajstić information content (AvgIpc) is 3.07. The molecule has 0 unspecified atom stereocenters. The number of phenolic OH excluding ortho intramolecular Hbond substituents is 1. The fourth-order valence-corrected chi connectivity index (χ4v) is 3.13. The van der Waals surface area contributed by atoms with Gasteiger partial charge in [-0.05, 0) is 66.8 Å². The number of aromatic amines is 1.